The Morgan fingerprint density at radius 1 is 1.40 bits per heavy atom. The minimum atomic E-state index is 0. The van der Waals surface area contributed by atoms with Crippen molar-refractivity contribution in [3.63, 3.8) is 0 Å². The fourth-order valence-corrected chi connectivity index (χ4v) is 1.62. The summed E-state index contributed by atoms with van der Waals surface area (Å²) in [6, 6.07) is 7.98. The molecule has 1 aromatic carbocycles. The third kappa shape index (κ3) is 7.57. The third-order valence-electron chi connectivity index (χ3n) is 2.78. The van der Waals surface area contributed by atoms with Crippen molar-refractivity contribution < 1.29 is 4.74 Å². The smallest absolute Gasteiger partial charge is 0.188 e. The van der Waals surface area contributed by atoms with Crippen LogP contribution in [0.4, 0.5) is 0 Å². The highest BCUT2D eigenvalue weighted by molar-refractivity contribution is 14.0. The van der Waals surface area contributed by atoms with Gasteiger partial charge in [-0.25, -0.2) is 4.99 Å². The lowest BCUT2D eigenvalue weighted by Gasteiger charge is -2.15. The van der Waals surface area contributed by atoms with E-state index in [9.17, 15) is 0 Å². The monoisotopic (exact) mass is 391 g/mol. The lowest BCUT2D eigenvalue weighted by molar-refractivity contribution is 0.229. The molecule has 114 valence electrons. The highest BCUT2D eigenvalue weighted by atomic mass is 127. The maximum absolute atomic E-state index is 5.83. The molecule has 5 heteroatoms. The second kappa shape index (κ2) is 10.8. The number of aryl methyl sites for hydroxylation is 1. The maximum atomic E-state index is 5.83. The van der Waals surface area contributed by atoms with E-state index in [1.807, 2.05) is 38.1 Å². The summed E-state index contributed by atoms with van der Waals surface area (Å²) < 4.78 is 5.83. The third-order valence-corrected chi connectivity index (χ3v) is 2.78. The predicted molar refractivity (Wildman–Crippen MR) is 96.1 cm³/mol. The van der Waals surface area contributed by atoms with Gasteiger partial charge in [0.25, 0.3) is 0 Å². The van der Waals surface area contributed by atoms with Crippen molar-refractivity contribution in [2.45, 2.75) is 39.7 Å². The van der Waals surface area contributed by atoms with E-state index in [0.717, 1.165) is 30.7 Å². The predicted octanol–water partition coefficient (Wildman–Crippen LogP) is 3.08. The van der Waals surface area contributed by atoms with Crippen molar-refractivity contribution >= 4 is 29.9 Å². The van der Waals surface area contributed by atoms with E-state index < -0.39 is 0 Å². The molecule has 0 saturated heterocycles. The molecule has 0 aliphatic heterocycles. The minimum absolute atomic E-state index is 0. The Kier molecular flexibility index (Phi) is 10.2. The van der Waals surface area contributed by atoms with Crippen molar-refractivity contribution in [2.24, 2.45) is 10.7 Å². The van der Waals surface area contributed by atoms with E-state index in [0.29, 0.717) is 12.5 Å². The van der Waals surface area contributed by atoms with Crippen LogP contribution in [0.25, 0.3) is 0 Å². The number of benzene rings is 1. The van der Waals surface area contributed by atoms with E-state index in [-0.39, 0.29) is 30.1 Å². The molecule has 0 saturated carbocycles. The van der Waals surface area contributed by atoms with Gasteiger partial charge in [0.05, 0.1) is 6.54 Å². The topological polar surface area (TPSA) is 59.6 Å². The lowest BCUT2D eigenvalue weighted by atomic mass is 10.2. The van der Waals surface area contributed by atoms with Gasteiger partial charge in [-0.15, -0.1) is 24.0 Å². The number of para-hydroxylation sites is 1. The minimum Gasteiger partial charge on any atom is -0.489 e. The Balaban J connectivity index is 0.00000361. The number of rotatable bonds is 7. The van der Waals surface area contributed by atoms with Gasteiger partial charge in [-0.3, -0.25) is 0 Å². The number of unbranched alkanes of at least 4 members (excludes halogenated alkanes) is 1. The molecular weight excluding hydrogens is 365 g/mol. The Labute approximate surface area is 139 Å². The van der Waals surface area contributed by atoms with Crippen molar-refractivity contribution in [2.75, 3.05) is 13.1 Å². The largest absolute Gasteiger partial charge is 0.489 e. The number of ether oxygens (including phenoxy) is 1. The van der Waals surface area contributed by atoms with Crippen molar-refractivity contribution in [1.82, 2.24) is 5.32 Å². The first-order valence-corrected chi connectivity index (χ1v) is 6.89. The second-order valence-electron chi connectivity index (χ2n) is 4.70. The SMILES string of the molecule is CCCCNC(N)=NCC(C)Oc1ccccc1C.I. The molecule has 0 fully saturated rings. The summed E-state index contributed by atoms with van der Waals surface area (Å²) >= 11 is 0. The molecule has 0 aromatic heterocycles. The fraction of sp³-hybridized carbons (Fsp3) is 0.533. The van der Waals surface area contributed by atoms with Crippen LogP contribution in [0.1, 0.15) is 32.3 Å². The number of nitrogens with one attached hydrogen (secondary N) is 1. The van der Waals surface area contributed by atoms with Crippen LogP contribution in [-0.2, 0) is 0 Å². The average molecular weight is 391 g/mol. The van der Waals surface area contributed by atoms with Gasteiger partial charge >= 0.3 is 0 Å². The molecule has 0 heterocycles. The summed E-state index contributed by atoms with van der Waals surface area (Å²) in [7, 11) is 0. The lowest BCUT2D eigenvalue weighted by Crippen LogP contribution is -2.33. The number of nitrogens with two attached hydrogens (primary N) is 1. The van der Waals surface area contributed by atoms with Crippen LogP contribution < -0.4 is 15.8 Å². The standard InChI is InChI=1S/C15H25N3O.HI/c1-4-5-10-17-15(16)18-11-13(3)19-14-9-7-6-8-12(14)2;/h6-9,13H,4-5,10-11H2,1-3H3,(H3,16,17,18);1H. The van der Waals surface area contributed by atoms with E-state index in [2.05, 4.69) is 17.2 Å². The van der Waals surface area contributed by atoms with Crippen LogP contribution in [0, 0.1) is 6.92 Å². The van der Waals surface area contributed by atoms with Gasteiger partial charge in [0.2, 0.25) is 0 Å². The van der Waals surface area contributed by atoms with Crippen molar-refractivity contribution in [1.29, 1.82) is 0 Å². The molecule has 1 aromatic rings. The summed E-state index contributed by atoms with van der Waals surface area (Å²) in [5, 5.41) is 3.09. The summed E-state index contributed by atoms with van der Waals surface area (Å²) in [5.41, 5.74) is 6.90. The molecule has 4 nitrogen and oxygen atoms in total. The summed E-state index contributed by atoms with van der Waals surface area (Å²) in [6.45, 7) is 7.60. The molecule has 0 spiro atoms. The van der Waals surface area contributed by atoms with Crippen LogP contribution >= 0.6 is 24.0 Å². The van der Waals surface area contributed by atoms with E-state index in [1.54, 1.807) is 0 Å². The van der Waals surface area contributed by atoms with Gasteiger partial charge in [-0.1, -0.05) is 31.5 Å². The molecule has 1 unspecified atom stereocenters. The first-order chi connectivity index (χ1) is 9.13. The molecule has 1 atom stereocenters. The number of aliphatic imine (C=N–C) groups is 1. The Hall–Kier alpha value is -0.980. The molecule has 0 radical (unpaired) electrons. The number of halogens is 1. The summed E-state index contributed by atoms with van der Waals surface area (Å²) in [4.78, 5) is 4.28. The van der Waals surface area contributed by atoms with Gasteiger partial charge in [-0.2, -0.15) is 0 Å². The first kappa shape index (κ1) is 19.0. The Morgan fingerprint density at radius 2 is 2.10 bits per heavy atom. The highest BCUT2D eigenvalue weighted by Crippen LogP contribution is 2.17. The highest BCUT2D eigenvalue weighted by Gasteiger charge is 2.05. The van der Waals surface area contributed by atoms with Gasteiger partial charge in [0.1, 0.15) is 11.9 Å². The van der Waals surface area contributed by atoms with Crippen LogP contribution in [0.15, 0.2) is 29.3 Å². The molecule has 0 bridgehead atoms. The Bertz CT molecular complexity index is 410. The van der Waals surface area contributed by atoms with E-state index >= 15 is 0 Å². The zero-order valence-electron chi connectivity index (χ0n) is 12.6. The quantitative estimate of drug-likeness (QED) is 0.325. The zero-order valence-corrected chi connectivity index (χ0v) is 14.9. The number of hydrogen-bond donors (Lipinski definition) is 2. The van der Waals surface area contributed by atoms with Crippen LogP contribution in [-0.4, -0.2) is 25.2 Å². The molecule has 0 amide bonds. The first-order valence-electron chi connectivity index (χ1n) is 6.89. The molecule has 20 heavy (non-hydrogen) atoms. The normalized spacial score (nSPS) is 12.4. The van der Waals surface area contributed by atoms with Gasteiger partial charge in [0, 0.05) is 6.54 Å². The van der Waals surface area contributed by atoms with Gasteiger partial charge < -0.3 is 15.8 Å². The van der Waals surface area contributed by atoms with E-state index in [1.165, 1.54) is 0 Å². The average Bonchev–Trinajstić information content (AvgIpc) is 2.39. The van der Waals surface area contributed by atoms with Crippen molar-refractivity contribution in [3.8, 4) is 5.75 Å². The zero-order chi connectivity index (χ0) is 14.1. The van der Waals surface area contributed by atoms with Gasteiger partial charge in [-0.05, 0) is 31.9 Å². The molecule has 3 N–H and O–H groups in total. The molecule has 0 aliphatic carbocycles. The van der Waals surface area contributed by atoms with Crippen molar-refractivity contribution in [3.05, 3.63) is 29.8 Å². The van der Waals surface area contributed by atoms with Crippen LogP contribution in [0.2, 0.25) is 0 Å². The number of hydrogen-bond acceptors (Lipinski definition) is 2. The Morgan fingerprint density at radius 3 is 2.75 bits per heavy atom. The summed E-state index contributed by atoms with van der Waals surface area (Å²) in [6.07, 6.45) is 2.26. The van der Waals surface area contributed by atoms with E-state index in [4.69, 9.17) is 10.5 Å². The number of nitrogens with zero attached hydrogens (tertiary/aromatic N) is 1. The maximum Gasteiger partial charge on any atom is 0.188 e. The van der Waals surface area contributed by atoms with Gasteiger partial charge in [0.15, 0.2) is 5.96 Å². The molecule has 0 aliphatic rings. The van der Waals surface area contributed by atoms with Crippen LogP contribution in [0.5, 0.6) is 5.75 Å². The fourth-order valence-electron chi connectivity index (χ4n) is 1.62. The second-order valence-corrected chi connectivity index (χ2v) is 4.70. The summed E-state index contributed by atoms with van der Waals surface area (Å²) in [5.74, 6) is 1.40. The van der Waals surface area contributed by atoms with Crippen LogP contribution in [0.3, 0.4) is 0 Å². The molecule has 1 rings (SSSR count). The molecular formula is C15H26IN3O. The number of guanidine groups is 1.